The summed E-state index contributed by atoms with van der Waals surface area (Å²) in [6.45, 7) is 0. The summed E-state index contributed by atoms with van der Waals surface area (Å²) in [5.41, 5.74) is 0.770. The van der Waals surface area contributed by atoms with Crippen LogP contribution in [0.3, 0.4) is 0 Å². The van der Waals surface area contributed by atoms with Gasteiger partial charge < -0.3 is 19.7 Å². The molecule has 1 rings (SSSR count). The molecule has 98 valence electrons. The second-order valence-corrected chi connectivity index (χ2v) is 3.61. The smallest absolute Gasteiger partial charge is 0.303 e. The summed E-state index contributed by atoms with van der Waals surface area (Å²) in [7, 11) is 2.90. The van der Waals surface area contributed by atoms with Crippen LogP contribution in [-0.4, -0.2) is 30.4 Å². The number of carboxylic acid groups (broad SMARTS) is 1. The highest BCUT2D eigenvalue weighted by Crippen LogP contribution is 2.37. The van der Waals surface area contributed by atoms with Gasteiger partial charge in [0, 0.05) is 6.42 Å². The fourth-order valence-corrected chi connectivity index (χ4v) is 1.44. The average molecular weight is 252 g/mol. The summed E-state index contributed by atoms with van der Waals surface area (Å²) in [5, 5.41) is 18.2. The lowest BCUT2D eigenvalue weighted by atomic mass is 10.1. The molecular weight excluding hydrogens is 236 g/mol. The van der Waals surface area contributed by atoms with Crippen molar-refractivity contribution in [3.63, 3.8) is 0 Å². The van der Waals surface area contributed by atoms with Crippen molar-refractivity contribution in [2.75, 3.05) is 14.2 Å². The van der Waals surface area contributed by atoms with Crippen LogP contribution in [0.2, 0.25) is 0 Å². The van der Waals surface area contributed by atoms with Crippen molar-refractivity contribution in [1.82, 2.24) is 0 Å². The lowest BCUT2D eigenvalue weighted by Crippen LogP contribution is -1.92. The number of phenols is 1. The quantitative estimate of drug-likeness (QED) is 0.812. The van der Waals surface area contributed by atoms with Gasteiger partial charge in [0.15, 0.2) is 11.5 Å². The van der Waals surface area contributed by atoms with Crippen LogP contribution in [0.1, 0.15) is 18.4 Å². The molecule has 0 aromatic heterocycles. The van der Waals surface area contributed by atoms with Crippen LogP contribution in [-0.2, 0) is 4.79 Å². The number of hydrogen-bond donors (Lipinski definition) is 2. The lowest BCUT2D eigenvalue weighted by Gasteiger charge is -2.09. The minimum Gasteiger partial charge on any atom is -0.502 e. The molecule has 0 saturated heterocycles. The van der Waals surface area contributed by atoms with Gasteiger partial charge in [-0.2, -0.15) is 0 Å². The van der Waals surface area contributed by atoms with Gasteiger partial charge in [0.25, 0.3) is 0 Å². The molecule has 1 aromatic carbocycles. The van der Waals surface area contributed by atoms with Gasteiger partial charge in [-0.05, 0) is 24.1 Å². The topological polar surface area (TPSA) is 76.0 Å². The van der Waals surface area contributed by atoms with Gasteiger partial charge in [0.1, 0.15) is 0 Å². The summed E-state index contributed by atoms with van der Waals surface area (Å²) >= 11 is 0. The molecule has 0 bridgehead atoms. The molecule has 1 aromatic rings. The van der Waals surface area contributed by atoms with E-state index >= 15 is 0 Å². The number of methoxy groups -OCH3 is 2. The Bertz CT molecular complexity index is 426. The molecule has 0 amide bonds. The van der Waals surface area contributed by atoms with Gasteiger partial charge in [0.2, 0.25) is 5.75 Å². The molecule has 0 radical (unpaired) electrons. The van der Waals surface area contributed by atoms with Gasteiger partial charge in [-0.3, -0.25) is 4.79 Å². The number of phenolic OH excluding ortho intramolecular Hbond substituents is 1. The molecule has 0 aliphatic rings. The highest BCUT2D eigenvalue weighted by molar-refractivity contribution is 5.67. The zero-order chi connectivity index (χ0) is 13.5. The van der Waals surface area contributed by atoms with E-state index in [1.165, 1.54) is 14.2 Å². The molecule has 0 unspecified atom stereocenters. The molecule has 0 saturated carbocycles. The first-order valence-electron chi connectivity index (χ1n) is 5.41. The number of carbonyl (C=O) groups is 1. The first-order valence-corrected chi connectivity index (χ1v) is 5.41. The van der Waals surface area contributed by atoms with Gasteiger partial charge in [-0.15, -0.1) is 0 Å². The predicted molar refractivity (Wildman–Crippen MR) is 67.1 cm³/mol. The molecule has 0 atom stereocenters. The number of benzene rings is 1. The minimum absolute atomic E-state index is 0.0531. The van der Waals surface area contributed by atoms with Crippen molar-refractivity contribution in [3.8, 4) is 17.2 Å². The average Bonchev–Trinajstić information content (AvgIpc) is 2.35. The van der Waals surface area contributed by atoms with Crippen LogP contribution >= 0.6 is 0 Å². The second-order valence-electron chi connectivity index (χ2n) is 3.61. The molecule has 0 spiro atoms. The largest absolute Gasteiger partial charge is 0.502 e. The molecule has 5 nitrogen and oxygen atoms in total. The summed E-state index contributed by atoms with van der Waals surface area (Å²) in [5.74, 6) is -0.261. The molecule has 5 heteroatoms. The summed E-state index contributed by atoms with van der Waals surface area (Å²) in [6.07, 6.45) is 4.04. The molecule has 0 aliphatic carbocycles. The zero-order valence-corrected chi connectivity index (χ0v) is 10.3. The monoisotopic (exact) mass is 252 g/mol. The van der Waals surface area contributed by atoms with E-state index in [9.17, 15) is 9.90 Å². The van der Waals surface area contributed by atoms with E-state index in [2.05, 4.69) is 0 Å². The number of hydrogen-bond acceptors (Lipinski definition) is 4. The number of carboxylic acids is 1. The Morgan fingerprint density at radius 2 is 1.83 bits per heavy atom. The number of allylic oxidation sites excluding steroid dienone is 1. The highest BCUT2D eigenvalue weighted by Gasteiger charge is 2.09. The Labute approximate surface area is 105 Å². The van der Waals surface area contributed by atoms with E-state index in [1.54, 1.807) is 24.3 Å². The fraction of sp³-hybridized carbons (Fsp3) is 0.308. The first-order chi connectivity index (χ1) is 8.58. The van der Waals surface area contributed by atoms with Crippen molar-refractivity contribution >= 4 is 12.0 Å². The third-order valence-electron chi connectivity index (χ3n) is 2.34. The van der Waals surface area contributed by atoms with E-state index in [-0.39, 0.29) is 12.2 Å². The molecule has 0 heterocycles. The summed E-state index contributed by atoms with van der Waals surface area (Å²) in [4.78, 5) is 10.3. The lowest BCUT2D eigenvalue weighted by molar-refractivity contribution is -0.136. The third-order valence-corrected chi connectivity index (χ3v) is 2.34. The van der Waals surface area contributed by atoms with Crippen LogP contribution in [0.25, 0.3) is 6.08 Å². The van der Waals surface area contributed by atoms with Gasteiger partial charge in [-0.1, -0.05) is 12.2 Å². The van der Waals surface area contributed by atoms with Crippen molar-refractivity contribution in [1.29, 1.82) is 0 Å². The van der Waals surface area contributed by atoms with Gasteiger partial charge >= 0.3 is 5.97 Å². The maximum Gasteiger partial charge on any atom is 0.303 e. The maximum absolute atomic E-state index is 10.3. The van der Waals surface area contributed by atoms with E-state index in [4.69, 9.17) is 14.6 Å². The van der Waals surface area contributed by atoms with Crippen LogP contribution in [0, 0.1) is 0 Å². The standard InChI is InChI=1S/C13H16O5/c1-17-10-7-9(5-3-4-6-12(14)15)8-11(18-2)13(10)16/h3,5,7-8,16H,4,6H2,1-2H3,(H,14,15). The highest BCUT2D eigenvalue weighted by atomic mass is 16.5. The molecule has 0 aliphatic heterocycles. The normalized spacial score (nSPS) is 10.6. The zero-order valence-electron chi connectivity index (χ0n) is 10.3. The van der Waals surface area contributed by atoms with E-state index in [1.807, 2.05) is 0 Å². The predicted octanol–water partition coefficient (Wildman–Crippen LogP) is 2.29. The van der Waals surface area contributed by atoms with Crippen molar-refractivity contribution < 1.29 is 24.5 Å². The Morgan fingerprint density at radius 1 is 1.28 bits per heavy atom. The Morgan fingerprint density at radius 3 is 2.28 bits per heavy atom. The van der Waals surface area contributed by atoms with E-state index in [0.717, 1.165) is 5.56 Å². The van der Waals surface area contributed by atoms with Crippen LogP contribution in [0.15, 0.2) is 18.2 Å². The Hall–Kier alpha value is -2.17. The molecule has 2 N–H and O–H groups in total. The number of aliphatic carboxylic acids is 1. The number of aromatic hydroxyl groups is 1. The third kappa shape index (κ3) is 3.69. The molecular formula is C13H16O5. The second kappa shape index (κ2) is 6.54. The van der Waals surface area contributed by atoms with Crippen LogP contribution in [0.5, 0.6) is 17.2 Å². The van der Waals surface area contributed by atoms with E-state index < -0.39 is 5.97 Å². The molecule has 18 heavy (non-hydrogen) atoms. The van der Waals surface area contributed by atoms with Crippen LogP contribution < -0.4 is 9.47 Å². The molecule has 0 fully saturated rings. The number of rotatable bonds is 6. The Kier molecular flexibility index (Phi) is 5.05. The fourth-order valence-electron chi connectivity index (χ4n) is 1.44. The number of ether oxygens (including phenoxy) is 2. The van der Waals surface area contributed by atoms with Crippen molar-refractivity contribution in [2.24, 2.45) is 0 Å². The van der Waals surface area contributed by atoms with Crippen LogP contribution in [0.4, 0.5) is 0 Å². The van der Waals surface area contributed by atoms with Gasteiger partial charge in [-0.25, -0.2) is 0 Å². The summed E-state index contributed by atoms with van der Waals surface area (Å²) < 4.78 is 10.0. The SMILES string of the molecule is COc1cc(C=CCCC(=O)O)cc(OC)c1O. The van der Waals surface area contributed by atoms with Crippen molar-refractivity contribution in [2.45, 2.75) is 12.8 Å². The first kappa shape index (κ1) is 13.9. The maximum atomic E-state index is 10.3. The van der Waals surface area contributed by atoms with Gasteiger partial charge in [0.05, 0.1) is 14.2 Å². The Balaban J connectivity index is 2.86. The summed E-state index contributed by atoms with van der Waals surface area (Å²) in [6, 6.07) is 3.30. The van der Waals surface area contributed by atoms with Crippen molar-refractivity contribution in [3.05, 3.63) is 23.8 Å². The minimum atomic E-state index is -0.833. The van der Waals surface area contributed by atoms with E-state index in [0.29, 0.717) is 17.9 Å².